The van der Waals surface area contributed by atoms with Gasteiger partial charge in [0.15, 0.2) is 5.82 Å². The Morgan fingerprint density at radius 1 is 1.25 bits per heavy atom. The van der Waals surface area contributed by atoms with Crippen LogP contribution in [0.2, 0.25) is 0 Å². The van der Waals surface area contributed by atoms with Crippen LogP contribution in [0.3, 0.4) is 0 Å². The van der Waals surface area contributed by atoms with Crippen molar-refractivity contribution in [1.29, 1.82) is 0 Å². The van der Waals surface area contributed by atoms with Crippen molar-refractivity contribution in [3.05, 3.63) is 11.7 Å². The highest BCUT2D eigenvalue weighted by Gasteiger charge is 2.32. The molecule has 1 aromatic rings. The minimum Gasteiger partial charge on any atom is -0.339 e. The van der Waals surface area contributed by atoms with E-state index in [9.17, 15) is 0 Å². The molecule has 4 nitrogen and oxygen atoms in total. The quantitative estimate of drug-likeness (QED) is 0.767. The van der Waals surface area contributed by atoms with Crippen LogP contribution < -0.4 is 0 Å². The Morgan fingerprint density at radius 2 is 2.06 bits per heavy atom. The topological polar surface area (TPSA) is 42.2 Å². The second kappa shape index (κ2) is 4.17. The Hall–Kier alpha value is -0.900. The van der Waals surface area contributed by atoms with Gasteiger partial charge >= 0.3 is 0 Å². The highest BCUT2D eigenvalue weighted by Crippen LogP contribution is 2.32. The first-order valence-corrected chi connectivity index (χ1v) is 6.37. The third kappa shape index (κ3) is 1.86. The maximum Gasteiger partial charge on any atom is 0.231 e. The van der Waals surface area contributed by atoms with Crippen molar-refractivity contribution in [1.82, 2.24) is 15.0 Å². The summed E-state index contributed by atoms with van der Waals surface area (Å²) >= 11 is 0. The molecule has 2 heterocycles. The van der Waals surface area contributed by atoms with Crippen LogP contribution in [0, 0.1) is 6.92 Å². The summed E-state index contributed by atoms with van der Waals surface area (Å²) in [5.74, 6) is 2.08. The summed E-state index contributed by atoms with van der Waals surface area (Å²) in [5.41, 5.74) is 0. The molecule has 16 heavy (non-hydrogen) atoms. The molecular weight excluding hydrogens is 202 g/mol. The van der Waals surface area contributed by atoms with E-state index in [1.54, 1.807) is 0 Å². The van der Waals surface area contributed by atoms with E-state index in [0.29, 0.717) is 5.92 Å². The van der Waals surface area contributed by atoms with E-state index in [-0.39, 0.29) is 0 Å². The largest absolute Gasteiger partial charge is 0.339 e. The van der Waals surface area contributed by atoms with Gasteiger partial charge in [0.05, 0.1) is 5.92 Å². The normalized spacial score (nSPS) is 27.9. The van der Waals surface area contributed by atoms with Crippen LogP contribution in [0.15, 0.2) is 4.52 Å². The van der Waals surface area contributed by atoms with Gasteiger partial charge < -0.3 is 4.52 Å². The molecule has 0 radical (unpaired) electrons. The summed E-state index contributed by atoms with van der Waals surface area (Å²) in [6, 6.07) is 0.828. The van der Waals surface area contributed by atoms with Crippen molar-refractivity contribution in [2.45, 2.75) is 51.0 Å². The first kappa shape index (κ1) is 10.3. The molecular formula is C12H19N3O. The third-order valence-corrected chi connectivity index (χ3v) is 3.95. The van der Waals surface area contributed by atoms with Gasteiger partial charge in [-0.25, -0.2) is 0 Å². The number of nitrogens with zero attached hydrogens (tertiary/aromatic N) is 3. The summed E-state index contributed by atoms with van der Waals surface area (Å²) in [7, 11) is 0. The number of aromatic nitrogens is 2. The first-order valence-electron chi connectivity index (χ1n) is 6.37. The van der Waals surface area contributed by atoms with Crippen molar-refractivity contribution in [2.24, 2.45) is 0 Å². The van der Waals surface area contributed by atoms with E-state index in [1.807, 2.05) is 6.92 Å². The Morgan fingerprint density at radius 3 is 2.75 bits per heavy atom. The Balaban J connectivity index is 1.64. The average Bonchev–Trinajstić information content (AvgIpc) is 2.97. The predicted octanol–water partition coefficient (Wildman–Crippen LogP) is 2.11. The lowest BCUT2D eigenvalue weighted by atomic mass is 10.1. The monoisotopic (exact) mass is 221 g/mol. The Kier molecular flexibility index (Phi) is 2.67. The fraction of sp³-hybridized carbons (Fsp3) is 0.833. The first-order chi connectivity index (χ1) is 7.83. The molecule has 3 rings (SSSR count). The molecule has 2 aliphatic rings. The molecule has 1 aromatic heterocycles. The number of hydrogen-bond donors (Lipinski definition) is 0. The third-order valence-electron chi connectivity index (χ3n) is 3.95. The maximum atomic E-state index is 5.27. The van der Waals surface area contributed by atoms with Gasteiger partial charge in [0.1, 0.15) is 0 Å². The number of hydrogen-bond acceptors (Lipinski definition) is 4. The summed E-state index contributed by atoms with van der Waals surface area (Å²) < 4.78 is 5.27. The van der Waals surface area contributed by atoms with Crippen LogP contribution in [0.25, 0.3) is 0 Å². The van der Waals surface area contributed by atoms with Crippen molar-refractivity contribution >= 4 is 0 Å². The maximum absolute atomic E-state index is 5.27. The van der Waals surface area contributed by atoms with Gasteiger partial charge in [0, 0.05) is 12.6 Å². The van der Waals surface area contributed by atoms with Gasteiger partial charge in [0.25, 0.3) is 0 Å². The lowest BCUT2D eigenvalue weighted by molar-refractivity contribution is 0.238. The Bertz CT molecular complexity index is 357. The minimum atomic E-state index is 0.474. The van der Waals surface area contributed by atoms with E-state index in [0.717, 1.165) is 24.3 Å². The molecule has 0 N–H and O–H groups in total. The number of aryl methyl sites for hydroxylation is 1. The van der Waals surface area contributed by atoms with E-state index in [4.69, 9.17) is 4.52 Å². The van der Waals surface area contributed by atoms with Crippen LogP contribution >= 0.6 is 0 Å². The fourth-order valence-electron chi connectivity index (χ4n) is 3.07. The summed E-state index contributed by atoms with van der Waals surface area (Å²) in [6.45, 7) is 4.21. The lowest BCUT2D eigenvalue weighted by Crippen LogP contribution is -2.30. The second-order valence-electron chi connectivity index (χ2n) is 5.10. The highest BCUT2D eigenvalue weighted by molar-refractivity contribution is 4.99. The molecule has 4 heteroatoms. The average molecular weight is 221 g/mol. The van der Waals surface area contributed by atoms with Gasteiger partial charge in [-0.05, 0) is 32.7 Å². The molecule has 0 aromatic carbocycles. The summed E-state index contributed by atoms with van der Waals surface area (Å²) in [4.78, 5) is 6.97. The molecule has 0 bridgehead atoms. The fourth-order valence-corrected chi connectivity index (χ4v) is 3.07. The Labute approximate surface area is 96.0 Å². The minimum absolute atomic E-state index is 0.474. The van der Waals surface area contributed by atoms with Crippen molar-refractivity contribution in [3.63, 3.8) is 0 Å². The molecule has 1 atom stereocenters. The molecule has 0 spiro atoms. The summed E-state index contributed by atoms with van der Waals surface area (Å²) in [5, 5.41) is 3.88. The van der Waals surface area contributed by atoms with Crippen molar-refractivity contribution < 1.29 is 4.52 Å². The molecule has 0 unspecified atom stereocenters. The van der Waals surface area contributed by atoms with Gasteiger partial charge in [-0.2, -0.15) is 4.98 Å². The lowest BCUT2D eigenvalue weighted by Gasteiger charge is -2.22. The van der Waals surface area contributed by atoms with Gasteiger partial charge in [-0.1, -0.05) is 18.0 Å². The van der Waals surface area contributed by atoms with E-state index >= 15 is 0 Å². The van der Waals surface area contributed by atoms with Gasteiger partial charge in [-0.3, -0.25) is 4.90 Å². The standard InChI is InChI=1S/C12H19N3O/c1-9-13-12(16-14-9)10-6-7-15(8-10)11-4-2-3-5-11/h10-11H,2-8H2,1H3/t10-/m0/s1. The number of rotatable bonds is 2. The van der Waals surface area contributed by atoms with Gasteiger partial charge in [0.2, 0.25) is 5.89 Å². The number of likely N-dealkylation sites (tertiary alicyclic amines) is 1. The van der Waals surface area contributed by atoms with Crippen molar-refractivity contribution in [2.75, 3.05) is 13.1 Å². The van der Waals surface area contributed by atoms with Crippen LogP contribution in [-0.4, -0.2) is 34.2 Å². The molecule has 1 saturated carbocycles. The highest BCUT2D eigenvalue weighted by atomic mass is 16.5. The van der Waals surface area contributed by atoms with Crippen LogP contribution in [-0.2, 0) is 0 Å². The second-order valence-corrected chi connectivity index (χ2v) is 5.10. The van der Waals surface area contributed by atoms with Crippen LogP contribution in [0.1, 0.15) is 49.7 Å². The molecule has 1 aliphatic heterocycles. The van der Waals surface area contributed by atoms with E-state index < -0.39 is 0 Å². The molecule has 0 amide bonds. The van der Waals surface area contributed by atoms with Crippen molar-refractivity contribution in [3.8, 4) is 0 Å². The van der Waals surface area contributed by atoms with Crippen LogP contribution in [0.5, 0.6) is 0 Å². The zero-order chi connectivity index (χ0) is 11.0. The van der Waals surface area contributed by atoms with Gasteiger partial charge in [-0.15, -0.1) is 0 Å². The molecule has 88 valence electrons. The smallest absolute Gasteiger partial charge is 0.231 e. The molecule has 1 saturated heterocycles. The molecule has 2 fully saturated rings. The van der Waals surface area contributed by atoms with E-state index in [1.165, 1.54) is 38.6 Å². The predicted molar refractivity (Wildman–Crippen MR) is 60.2 cm³/mol. The molecule has 1 aliphatic carbocycles. The zero-order valence-corrected chi connectivity index (χ0v) is 9.85. The SMILES string of the molecule is Cc1noc([C@H]2CCN(C3CCCC3)C2)n1. The zero-order valence-electron chi connectivity index (χ0n) is 9.85. The van der Waals surface area contributed by atoms with E-state index in [2.05, 4.69) is 15.0 Å². The summed E-state index contributed by atoms with van der Waals surface area (Å²) in [6.07, 6.45) is 6.76. The van der Waals surface area contributed by atoms with Crippen LogP contribution in [0.4, 0.5) is 0 Å².